The number of benzene rings is 3. The number of ether oxygens (including phenoxy) is 1. The Morgan fingerprint density at radius 3 is 2.40 bits per heavy atom. The molecule has 0 fully saturated rings. The van der Waals surface area contributed by atoms with Crippen molar-refractivity contribution in [2.45, 2.75) is 18.7 Å². The number of fused-ring (bicyclic) bond motifs is 1. The number of rotatable bonds is 9. The summed E-state index contributed by atoms with van der Waals surface area (Å²) in [6, 6.07) is 20.0. The molecule has 158 valence electrons. The van der Waals surface area contributed by atoms with Crippen molar-refractivity contribution in [3.8, 4) is 5.75 Å². The highest BCUT2D eigenvalue weighted by molar-refractivity contribution is 7.89. The topological polar surface area (TPSA) is 75.7 Å². The first-order valence-corrected chi connectivity index (χ1v) is 11.4. The van der Waals surface area contributed by atoms with Crippen LogP contribution in [-0.2, 0) is 10.0 Å². The van der Waals surface area contributed by atoms with Crippen LogP contribution < -0.4 is 10.1 Å². The zero-order valence-corrected chi connectivity index (χ0v) is 18.0. The summed E-state index contributed by atoms with van der Waals surface area (Å²) in [6.45, 7) is 4.93. The maximum Gasteiger partial charge on any atom is 0.251 e. The minimum absolute atomic E-state index is 0.117. The highest BCUT2D eigenvalue weighted by Gasteiger charge is 2.22. The predicted molar refractivity (Wildman–Crippen MR) is 118 cm³/mol. The summed E-state index contributed by atoms with van der Waals surface area (Å²) in [4.78, 5) is 12.6. The molecule has 0 saturated heterocycles. The van der Waals surface area contributed by atoms with Crippen molar-refractivity contribution in [1.82, 2.24) is 9.62 Å². The molecule has 0 saturated carbocycles. The maximum atomic E-state index is 12.7. The van der Waals surface area contributed by atoms with Crippen LogP contribution in [0, 0.1) is 0 Å². The molecule has 0 aliphatic heterocycles. The maximum absolute atomic E-state index is 12.7. The minimum Gasteiger partial charge on any atom is -0.492 e. The number of carbonyl (C=O) groups is 1. The van der Waals surface area contributed by atoms with Crippen molar-refractivity contribution >= 4 is 26.7 Å². The van der Waals surface area contributed by atoms with Gasteiger partial charge in [-0.3, -0.25) is 4.79 Å². The van der Waals surface area contributed by atoms with Gasteiger partial charge >= 0.3 is 0 Å². The van der Waals surface area contributed by atoms with Gasteiger partial charge in [0.2, 0.25) is 10.0 Å². The summed E-state index contributed by atoms with van der Waals surface area (Å²) >= 11 is 0. The van der Waals surface area contributed by atoms with Gasteiger partial charge in [-0.25, -0.2) is 8.42 Å². The number of carbonyl (C=O) groups excluding carboxylic acids is 1. The summed E-state index contributed by atoms with van der Waals surface area (Å²) in [5.41, 5.74) is 0.300. The van der Waals surface area contributed by atoms with E-state index in [1.807, 2.05) is 42.5 Å². The van der Waals surface area contributed by atoms with Gasteiger partial charge in [0, 0.05) is 18.7 Å². The fourth-order valence-corrected chi connectivity index (χ4v) is 4.71. The van der Waals surface area contributed by atoms with E-state index in [9.17, 15) is 13.2 Å². The van der Waals surface area contributed by atoms with E-state index in [4.69, 9.17) is 4.74 Å². The van der Waals surface area contributed by atoms with Crippen LogP contribution in [-0.4, -0.2) is 44.9 Å². The number of hydrogen-bond acceptors (Lipinski definition) is 4. The van der Waals surface area contributed by atoms with E-state index in [-0.39, 0.29) is 10.8 Å². The fraction of sp³-hybridized carbons (Fsp3) is 0.261. The first kappa shape index (κ1) is 21.8. The van der Waals surface area contributed by atoms with Crippen molar-refractivity contribution in [3.63, 3.8) is 0 Å². The average molecular weight is 427 g/mol. The van der Waals surface area contributed by atoms with Gasteiger partial charge in [-0.1, -0.05) is 50.2 Å². The van der Waals surface area contributed by atoms with Gasteiger partial charge in [0.05, 0.1) is 11.4 Å². The van der Waals surface area contributed by atoms with Crippen LogP contribution in [0.1, 0.15) is 24.2 Å². The molecule has 30 heavy (non-hydrogen) atoms. The van der Waals surface area contributed by atoms with Crippen molar-refractivity contribution in [3.05, 3.63) is 72.3 Å². The van der Waals surface area contributed by atoms with Gasteiger partial charge in [0.25, 0.3) is 5.91 Å². The number of nitrogens with zero attached hydrogens (tertiary/aromatic N) is 1. The van der Waals surface area contributed by atoms with Crippen molar-refractivity contribution in [2.24, 2.45) is 0 Å². The second-order valence-electron chi connectivity index (χ2n) is 6.73. The van der Waals surface area contributed by atoms with E-state index in [1.165, 1.54) is 16.4 Å². The fourth-order valence-electron chi connectivity index (χ4n) is 3.20. The quantitative estimate of drug-likeness (QED) is 0.530. The number of hydrogen-bond donors (Lipinski definition) is 1. The first-order valence-electron chi connectivity index (χ1n) is 9.95. The molecule has 0 unspecified atom stereocenters. The third-order valence-electron chi connectivity index (χ3n) is 4.82. The lowest BCUT2D eigenvalue weighted by Gasteiger charge is -2.18. The smallest absolute Gasteiger partial charge is 0.251 e. The molecule has 0 bridgehead atoms. The SMILES string of the molecule is CCN(CC)S(=O)(=O)c1cccc(C(=O)NCCOc2ccc3ccccc3c2)c1. The molecule has 0 aliphatic carbocycles. The molecule has 3 aromatic rings. The Morgan fingerprint density at radius 1 is 0.933 bits per heavy atom. The summed E-state index contributed by atoms with van der Waals surface area (Å²) < 4.78 is 32.4. The molecule has 0 atom stereocenters. The molecule has 0 radical (unpaired) electrons. The highest BCUT2D eigenvalue weighted by atomic mass is 32.2. The van der Waals surface area contributed by atoms with Gasteiger partial charge in [-0.15, -0.1) is 0 Å². The molecule has 7 heteroatoms. The Hall–Kier alpha value is -2.90. The Morgan fingerprint density at radius 2 is 1.67 bits per heavy atom. The largest absolute Gasteiger partial charge is 0.492 e. The lowest BCUT2D eigenvalue weighted by atomic mass is 10.1. The number of amides is 1. The molecule has 0 aliphatic rings. The third-order valence-corrected chi connectivity index (χ3v) is 6.86. The number of nitrogens with one attached hydrogen (secondary N) is 1. The molecule has 1 N–H and O–H groups in total. The Bertz CT molecular complexity index is 1120. The standard InChI is InChI=1S/C23H26N2O4S/c1-3-25(4-2)30(27,28)22-11-7-10-20(17-22)23(26)24-14-15-29-21-13-12-18-8-5-6-9-19(18)16-21/h5-13,16-17H,3-4,14-15H2,1-2H3,(H,24,26). The zero-order valence-electron chi connectivity index (χ0n) is 17.2. The zero-order chi connectivity index (χ0) is 21.6. The predicted octanol–water partition coefficient (Wildman–Crippen LogP) is 3.68. The summed E-state index contributed by atoms with van der Waals surface area (Å²) in [5.74, 6) is 0.393. The number of sulfonamides is 1. The van der Waals surface area contributed by atoms with E-state index in [2.05, 4.69) is 5.32 Å². The van der Waals surface area contributed by atoms with E-state index >= 15 is 0 Å². The second kappa shape index (κ2) is 9.73. The molecule has 6 nitrogen and oxygen atoms in total. The van der Waals surface area contributed by atoms with Crippen LogP contribution in [0.5, 0.6) is 5.75 Å². The Labute approximate surface area is 177 Å². The molecule has 1 amide bonds. The van der Waals surface area contributed by atoms with Gasteiger partial charge in [0.15, 0.2) is 0 Å². The van der Waals surface area contributed by atoms with E-state index < -0.39 is 10.0 Å². The van der Waals surface area contributed by atoms with Crippen molar-refractivity contribution < 1.29 is 17.9 Å². The summed E-state index contributed by atoms with van der Waals surface area (Å²) in [7, 11) is -3.61. The molecule has 3 rings (SSSR count). The van der Waals surface area contributed by atoms with Crippen LogP contribution in [0.25, 0.3) is 10.8 Å². The molecule has 0 heterocycles. The monoisotopic (exact) mass is 426 g/mol. The van der Waals surface area contributed by atoms with Crippen LogP contribution in [0.15, 0.2) is 71.6 Å². The van der Waals surface area contributed by atoms with Gasteiger partial charge < -0.3 is 10.1 Å². The molecule has 3 aromatic carbocycles. The van der Waals surface area contributed by atoms with E-state index in [1.54, 1.807) is 26.0 Å². The van der Waals surface area contributed by atoms with Crippen LogP contribution in [0.2, 0.25) is 0 Å². The lowest BCUT2D eigenvalue weighted by Crippen LogP contribution is -2.31. The Balaban J connectivity index is 1.58. The first-order chi connectivity index (χ1) is 14.5. The summed E-state index contributed by atoms with van der Waals surface area (Å²) in [5, 5.41) is 4.99. The highest BCUT2D eigenvalue weighted by Crippen LogP contribution is 2.20. The molecular weight excluding hydrogens is 400 g/mol. The van der Waals surface area contributed by atoms with Crippen molar-refractivity contribution in [1.29, 1.82) is 0 Å². The van der Waals surface area contributed by atoms with Gasteiger partial charge in [-0.2, -0.15) is 4.31 Å². The van der Waals surface area contributed by atoms with Crippen molar-refractivity contribution in [2.75, 3.05) is 26.2 Å². The summed E-state index contributed by atoms with van der Waals surface area (Å²) in [6.07, 6.45) is 0. The minimum atomic E-state index is -3.61. The van der Waals surface area contributed by atoms with E-state index in [0.29, 0.717) is 31.8 Å². The van der Waals surface area contributed by atoms with Crippen LogP contribution in [0.4, 0.5) is 0 Å². The van der Waals surface area contributed by atoms with Crippen LogP contribution >= 0.6 is 0 Å². The Kier molecular flexibility index (Phi) is 7.07. The molecular formula is C23H26N2O4S. The average Bonchev–Trinajstić information content (AvgIpc) is 2.77. The van der Waals surface area contributed by atoms with E-state index in [0.717, 1.165) is 16.5 Å². The van der Waals surface area contributed by atoms with Gasteiger partial charge in [0.1, 0.15) is 12.4 Å². The van der Waals surface area contributed by atoms with Gasteiger partial charge in [-0.05, 0) is 41.1 Å². The third kappa shape index (κ3) is 4.98. The molecule has 0 spiro atoms. The normalized spacial score (nSPS) is 11.6. The second-order valence-corrected chi connectivity index (χ2v) is 8.67. The lowest BCUT2D eigenvalue weighted by molar-refractivity contribution is 0.0947. The van der Waals surface area contributed by atoms with Crippen LogP contribution in [0.3, 0.4) is 0 Å². The molecule has 0 aromatic heterocycles.